The Hall–Kier alpha value is -2.18. The largest absolute Gasteiger partial charge is 0.484 e. The molecule has 0 radical (unpaired) electrons. The van der Waals surface area contributed by atoms with E-state index in [1.165, 1.54) is 7.05 Å². The van der Waals surface area contributed by atoms with Gasteiger partial charge in [-0.3, -0.25) is 14.5 Å². The van der Waals surface area contributed by atoms with Crippen LogP contribution in [0, 0.1) is 0 Å². The van der Waals surface area contributed by atoms with Crippen molar-refractivity contribution in [2.45, 2.75) is 12.5 Å². The van der Waals surface area contributed by atoms with Gasteiger partial charge in [0.25, 0.3) is 11.8 Å². The number of thiophene rings is 1. The highest BCUT2D eigenvalue weighted by Crippen LogP contribution is 2.34. The molecule has 1 aliphatic heterocycles. The zero-order valence-electron chi connectivity index (χ0n) is 13.0. The lowest BCUT2D eigenvalue weighted by molar-refractivity contribution is 0.0691. The van der Waals surface area contributed by atoms with Gasteiger partial charge in [0.15, 0.2) is 0 Å². The van der Waals surface area contributed by atoms with Crippen molar-refractivity contribution in [2.24, 2.45) is 0 Å². The van der Waals surface area contributed by atoms with Gasteiger partial charge in [-0.15, -0.1) is 11.3 Å². The summed E-state index contributed by atoms with van der Waals surface area (Å²) in [6.07, 6.45) is 0.626. The number of benzene rings is 1. The molecule has 2 amide bonds. The third-order valence-electron chi connectivity index (χ3n) is 3.87. The number of nitrogens with one attached hydrogen (secondary N) is 1. The molecule has 0 aliphatic carbocycles. The second-order valence-electron chi connectivity index (χ2n) is 5.36. The van der Waals surface area contributed by atoms with E-state index in [2.05, 4.69) is 5.32 Å². The molecule has 2 heterocycles. The van der Waals surface area contributed by atoms with E-state index in [1.807, 2.05) is 24.6 Å². The van der Waals surface area contributed by atoms with Gasteiger partial charge in [0.2, 0.25) is 0 Å². The van der Waals surface area contributed by atoms with Gasteiger partial charge < -0.3 is 10.1 Å². The Bertz CT molecular complexity index is 727. The lowest BCUT2D eigenvalue weighted by atomic mass is 10.1. The highest BCUT2D eigenvalue weighted by atomic mass is 32.1. The summed E-state index contributed by atoms with van der Waals surface area (Å²) in [5.41, 5.74) is 0.777. The van der Waals surface area contributed by atoms with Crippen molar-refractivity contribution in [2.75, 3.05) is 20.6 Å². The summed E-state index contributed by atoms with van der Waals surface area (Å²) in [6.45, 7) is 0.796. The Morgan fingerprint density at radius 1 is 1.22 bits per heavy atom. The Balaban J connectivity index is 1.93. The van der Waals surface area contributed by atoms with Gasteiger partial charge in [-0.2, -0.15) is 0 Å². The van der Waals surface area contributed by atoms with Crippen LogP contribution in [0.3, 0.4) is 0 Å². The lowest BCUT2D eigenvalue weighted by Crippen LogP contribution is -2.24. The molecule has 0 spiro atoms. The molecule has 120 valence electrons. The van der Waals surface area contributed by atoms with E-state index < -0.39 is 0 Å². The van der Waals surface area contributed by atoms with Gasteiger partial charge in [-0.1, -0.05) is 12.1 Å². The summed E-state index contributed by atoms with van der Waals surface area (Å²) in [4.78, 5) is 26.6. The highest BCUT2D eigenvalue weighted by Gasteiger charge is 2.36. The van der Waals surface area contributed by atoms with Crippen LogP contribution in [0.1, 0.15) is 38.1 Å². The molecule has 2 aromatic rings. The molecule has 3 rings (SSSR count). The van der Waals surface area contributed by atoms with E-state index in [-0.39, 0.29) is 17.9 Å². The van der Waals surface area contributed by atoms with E-state index >= 15 is 0 Å². The summed E-state index contributed by atoms with van der Waals surface area (Å²) in [7, 11) is 3.38. The van der Waals surface area contributed by atoms with Crippen LogP contribution in [0.15, 0.2) is 35.7 Å². The second kappa shape index (κ2) is 6.52. The van der Waals surface area contributed by atoms with Crippen LogP contribution >= 0.6 is 11.3 Å². The maximum atomic E-state index is 12.3. The van der Waals surface area contributed by atoms with Crippen LogP contribution in [0.25, 0.3) is 0 Å². The van der Waals surface area contributed by atoms with Gasteiger partial charge in [0.1, 0.15) is 11.9 Å². The molecule has 1 aliphatic rings. The number of ether oxygens (including phenoxy) is 1. The highest BCUT2D eigenvalue weighted by molar-refractivity contribution is 7.10. The molecule has 1 aromatic heterocycles. The number of carbonyl (C=O) groups is 2. The maximum Gasteiger partial charge on any atom is 0.265 e. The third kappa shape index (κ3) is 2.87. The fraction of sp³-hybridized carbons (Fsp3) is 0.294. The first kappa shape index (κ1) is 15.7. The van der Waals surface area contributed by atoms with Crippen LogP contribution < -0.4 is 10.1 Å². The van der Waals surface area contributed by atoms with E-state index in [4.69, 9.17) is 4.74 Å². The molecule has 1 atom stereocenters. The Morgan fingerprint density at radius 3 is 2.74 bits per heavy atom. The van der Waals surface area contributed by atoms with Crippen molar-refractivity contribution < 1.29 is 14.3 Å². The summed E-state index contributed by atoms with van der Waals surface area (Å²) in [6, 6.07) is 9.17. The molecule has 0 saturated heterocycles. The predicted molar refractivity (Wildman–Crippen MR) is 89.1 cm³/mol. The molecule has 1 unspecified atom stereocenters. The van der Waals surface area contributed by atoms with Crippen LogP contribution in [-0.2, 0) is 0 Å². The smallest absolute Gasteiger partial charge is 0.265 e. The van der Waals surface area contributed by atoms with Crippen LogP contribution in [0.5, 0.6) is 5.75 Å². The summed E-state index contributed by atoms with van der Waals surface area (Å²) in [5, 5.41) is 5.12. The maximum absolute atomic E-state index is 12.3. The minimum Gasteiger partial charge on any atom is -0.484 e. The number of hydrogen-bond acceptors (Lipinski definition) is 5. The van der Waals surface area contributed by atoms with Gasteiger partial charge in [0, 0.05) is 18.3 Å². The Labute approximate surface area is 138 Å². The lowest BCUT2D eigenvalue weighted by Gasteiger charge is -2.19. The van der Waals surface area contributed by atoms with Crippen molar-refractivity contribution in [1.82, 2.24) is 10.2 Å². The normalized spacial score (nSPS) is 15.0. The number of imide groups is 1. The van der Waals surface area contributed by atoms with E-state index in [0.717, 1.165) is 22.7 Å². The summed E-state index contributed by atoms with van der Waals surface area (Å²) >= 11 is 1.62. The molecule has 1 N–H and O–H groups in total. The van der Waals surface area contributed by atoms with Crippen LogP contribution in [0.2, 0.25) is 0 Å². The van der Waals surface area contributed by atoms with Crippen molar-refractivity contribution in [1.29, 1.82) is 0 Å². The quantitative estimate of drug-likeness (QED) is 0.828. The molecule has 0 saturated carbocycles. The summed E-state index contributed by atoms with van der Waals surface area (Å²) in [5.74, 6) is -0.114. The SMILES string of the molecule is CNCCC(Oc1cccc2c1C(=O)N(C)C2=O)c1cccs1. The average Bonchev–Trinajstić information content (AvgIpc) is 3.16. The first-order chi connectivity index (χ1) is 11.1. The Kier molecular flexibility index (Phi) is 4.45. The topological polar surface area (TPSA) is 58.6 Å². The molecule has 1 aromatic carbocycles. The molecule has 5 nitrogen and oxygen atoms in total. The third-order valence-corrected chi connectivity index (χ3v) is 4.83. The summed E-state index contributed by atoms with van der Waals surface area (Å²) < 4.78 is 6.14. The zero-order chi connectivity index (χ0) is 16.4. The number of carbonyl (C=O) groups excluding carboxylic acids is 2. The number of fused-ring (bicyclic) bond motifs is 1. The van der Waals surface area contributed by atoms with Crippen LogP contribution in [-0.4, -0.2) is 37.4 Å². The van der Waals surface area contributed by atoms with Gasteiger partial charge >= 0.3 is 0 Å². The van der Waals surface area contributed by atoms with Crippen molar-refractivity contribution in [3.05, 3.63) is 51.7 Å². The molecular formula is C17H18N2O3S. The zero-order valence-corrected chi connectivity index (χ0v) is 13.9. The fourth-order valence-electron chi connectivity index (χ4n) is 2.63. The van der Waals surface area contributed by atoms with Gasteiger partial charge in [-0.05, 0) is 37.2 Å². The van der Waals surface area contributed by atoms with Gasteiger partial charge in [-0.25, -0.2) is 0 Å². The van der Waals surface area contributed by atoms with Crippen molar-refractivity contribution in [3.63, 3.8) is 0 Å². The molecule has 6 heteroatoms. The average molecular weight is 330 g/mol. The first-order valence-corrected chi connectivity index (χ1v) is 8.31. The number of nitrogens with zero attached hydrogens (tertiary/aromatic N) is 1. The fourth-order valence-corrected chi connectivity index (χ4v) is 3.42. The van der Waals surface area contributed by atoms with E-state index in [1.54, 1.807) is 29.5 Å². The van der Waals surface area contributed by atoms with Crippen molar-refractivity contribution >= 4 is 23.2 Å². The molecule has 23 heavy (non-hydrogen) atoms. The molecular weight excluding hydrogens is 312 g/mol. The number of amides is 2. The number of rotatable bonds is 6. The van der Waals surface area contributed by atoms with Crippen molar-refractivity contribution in [3.8, 4) is 5.75 Å². The minimum atomic E-state index is -0.306. The standard InChI is InChI=1S/C17H18N2O3S/c1-18-9-8-12(14-7-4-10-23-14)22-13-6-3-5-11-15(13)17(21)19(2)16(11)20/h3-7,10,12,18H,8-9H2,1-2H3. The van der Waals surface area contributed by atoms with E-state index in [9.17, 15) is 9.59 Å². The molecule has 0 fully saturated rings. The minimum absolute atomic E-state index is 0.150. The van der Waals surface area contributed by atoms with E-state index in [0.29, 0.717) is 16.9 Å². The van der Waals surface area contributed by atoms with Gasteiger partial charge in [0.05, 0.1) is 11.1 Å². The predicted octanol–water partition coefficient (Wildman–Crippen LogP) is 2.70. The molecule has 0 bridgehead atoms. The second-order valence-corrected chi connectivity index (χ2v) is 6.34. The Morgan fingerprint density at radius 2 is 2.04 bits per heavy atom. The van der Waals surface area contributed by atoms with Crippen LogP contribution in [0.4, 0.5) is 0 Å². The monoisotopic (exact) mass is 330 g/mol. The first-order valence-electron chi connectivity index (χ1n) is 7.43. The number of hydrogen-bond donors (Lipinski definition) is 1.